The molecule has 0 atom stereocenters. The van der Waals surface area contributed by atoms with Crippen LogP contribution in [0.15, 0.2) is 12.2 Å². The summed E-state index contributed by atoms with van der Waals surface area (Å²) in [6.45, 7) is 5.05. The lowest BCUT2D eigenvalue weighted by Gasteiger charge is -2.25. The highest BCUT2D eigenvalue weighted by atomic mass is 16.5. The first-order valence-corrected chi connectivity index (χ1v) is 6.87. The van der Waals surface area contributed by atoms with Crippen LogP contribution in [-0.2, 0) is 9.53 Å². The molecular weight excluding hydrogens is 214 g/mol. The maximum atomic E-state index is 11.7. The van der Waals surface area contributed by atoms with Gasteiger partial charge in [-0.15, -0.1) is 0 Å². The Balaban J connectivity index is 2.04. The molecule has 0 aromatic carbocycles. The van der Waals surface area contributed by atoms with Crippen LogP contribution >= 0.6 is 0 Å². The van der Waals surface area contributed by atoms with Gasteiger partial charge >= 0.3 is 0 Å². The standard InChI is InChI=1S/C14H25NO2/c1-2-3-4-5-6-7-8-9-14(16)15-10-12-17-13-11-15/h8-9H,2-7,10-13H2,1H3/b9-8+. The van der Waals surface area contributed by atoms with Crippen LogP contribution in [0.4, 0.5) is 0 Å². The predicted octanol–water partition coefficient (Wildman–Crippen LogP) is 2.76. The minimum absolute atomic E-state index is 0.141. The zero-order chi connectivity index (χ0) is 12.3. The predicted molar refractivity (Wildman–Crippen MR) is 69.9 cm³/mol. The van der Waals surface area contributed by atoms with Crippen molar-refractivity contribution >= 4 is 5.91 Å². The summed E-state index contributed by atoms with van der Waals surface area (Å²) in [5.74, 6) is 0.141. The molecule has 0 radical (unpaired) electrons. The quantitative estimate of drug-likeness (QED) is 0.505. The van der Waals surface area contributed by atoms with Gasteiger partial charge in [0.15, 0.2) is 0 Å². The van der Waals surface area contributed by atoms with Crippen LogP contribution in [0, 0.1) is 0 Å². The number of amides is 1. The van der Waals surface area contributed by atoms with Crippen molar-refractivity contribution in [2.75, 3.05) is 26.3 Å². The summed E-state index contributed by atoms with van der Waals surface area (Å²) in [6, 6.07) is 0. The van der Waals surface area contributed by atoms with Gasteiger partial charge in [0.25, 0.3) is 0 Å². The average molecular weight is 239 g/mol. The van der Waals surface area contributed by atoms with Crippen molar-refractivity contribution < 1.29 is 9.53 Å². The summed E-state index contributed by atoms with van der Waals surface area (Å²) >= 11 is 0. The summed E-state index contributed by atoms with van der Waals surface area (Å²) in [7, 11) is 0. The van der Waals surface area contributed by atoms with E-state index in [9.17, 15) is 4.79 Å². The first kappa shape index (κ1) is 14.2. The molecule has 3 nitrogen and oxygen atoms in total. The van der Waals surface area contributed by atoms with Crippen molar-refractivity contribution in [3.63, 3.8) is 0 Å². The van der Waals surface area contributed by atoms with Gasteiger partial charge in [-0.25, -0.2) is 0 Å². The van der Waals surface area contributed by atoms with Crippen molar-refractivity contribution in [3.8, 4) is 0 Å². The van der Waals surface area contributed by atoms with E-state index in [0.29, 0.717) is 13.2 Å². The molecule has 0 aliphatic carbocycles. The van der Waals surface area contributed by atoms with Crippen molar-refractivity contribution in [1.82, 2.24) is 4.90 Å². The van der Waals surface area contributed by atoms with E-state index in [-0.39, 0.29) is 5.91 Å². The van der Waals surface area contributed by atoms with Gasteiger partial charge < -0.3 is 9.64 Å². The summed E-state index contributed by atoms with van der Waals surface area (Å²) in [5, 5.41) is 0. The van der Waals surface area contributed by atoms with Crippen LogP contribution in [0.2, 0.25) is 0 Å². The van der Waals surface area contributed by atoms with Crippen LogP contribution in [0.25, 0.3) is 0 Å². The zero-order valence-electron chi connectivity index (χ0n) is 11.0. The minimum atomic E-state index is 0.141. The molecule has 0 unspecified atom stereocenters. The van der Waals surface area contributed by atoms with Gasteiger partial charge in [0, 0.05) is 13.1 Å². The number of allylic oxidation sites excluding steroid dienone is 1. The molecule has 1 heterocycles. The van der Waals surface area contributed by atoms with Crippen molar-refractivity contribution in [3.05, 3.63) is 12.2 Å². The number of hydrogen-bond acceptors (Lipinski definition) is 2. The van der Waals surface area contributed by atoms with E-state index < -0.39 is 0 Å². The fourth-order valence-corrected chi connectivity index (χ4v) is 1.94. The number of hydrogen-bond donors (Lipinski definition) is 0. The number of ether oxygens (including phenoxy) is 1. The monoisotopic (exact) mass is 239 g/mol. The topological polar surface area (TPSA) is 29.5 Å². The average Bonchev–Trinajstić information content (AvgIpc) is 2.38. The Kier molecular flexibility index (Phi) is 7.72. The molecule has 0 aromatic heterocycles. The van der Waals surface area contributed by atoms with Crippen molar-refractivity contribution in [2.45, 2.75) is 45.4 Å². The molecule has 1 rings (SSSR count). The molecule has 0 bridgehead atoms. The second-order valence-electron chi connectivity index (χ2n) is 4.54. The summed E-state index contributed by atoms with van der Waals surface area (Å²) in [5.41, 5.74) is 0. The van der Waals surface area contributed by atoms with Gasteiger partial charge in [-0.3, -0.25) is 4.79 Å². The smallest absolute Gasteiger partial charge is 0.246 e. The first-order chi connectivity index (χ1) is 8.34. The number of morpholine rings is 1. The molecule has 1 aliphatic heterocycles. The number of nitrogens with zero attached hydrogens (tertiary/aromatic N) is 1. The molecule has 1 fully saturated rings. The lowest BCUT2D eigenvalue weighted by atomic mass is 10.1. The van der Waals surface area contributed by atoms with Crippen LogP contribution in [0.1, 0.15) is 45.4 Å². The Bertz CT molecular complexity index is 232. The lowest BCUT2D eigenvalue weighted by molar-refractivity contribution is -0.129. The minimum Gasteiger partial charge on any atom is -0.378 e. The maximum absolute atomic E-state index is 11.7. The van der Waals surface area contributed by atoms with Crippen molar-refractivity contribution in [1.29, 1.82) is 0 Å². The van der Waals surface area contributed by atoms with E-state index in [1.54, 1.807) is 6.08 Å². The Morgan fingerprint density at radius 1 is 1.18 bits per heavy atom. The van der Waals surface area contributed by atoms with E-state index >= 15 is 0 Å². The molecule has 17 heavy (non-hydrogen) atoms. The molecule has 0 aromatic rings. The lowest BCUT2D eigenvalue weighted by Crippen LogP contribution is -2.39. The highest BCUT2D eigenvalue weighted by Gasteiger charge is 2.13. The van der Waals surface area contributed by atoms with Gasteiger partial charge in [-0.05, 0) is 18.9 Å². The molecule has 0 N–H and O–H groups in total. The normalized spacial score (nSPS) is 16.6. The Morgan fingerprint density at radius 2 is 1.88 bits per heavy atom. The fraction of sp³-hybridized carbons (Fsp3) is 0.786. The van der Waals surface area contributed by atoms with Gasteiger partial charge in [-0.1, -0.05) is 38.7 Å². The summed E-state index contributed by atoms with van der Waals surface area (Å²) in [6.07, 6.45) is 11.2. The number of unbranched alkanes of at least 4 members (excludes halogenated alkanes) is 5. The molecule has 1 saturated heterocycles. The molecular formula is C14H25NO2. The molecule has 98 valence electrons. The van der Waals surface area contributed by atoms with E-state index in [1.165, 1.54) is 32.1 Å². The zero-order valence-corrected chi connectivity index (χ0v) is 11.0. The van der Waals surface area contributed by atoms with Crippen LogP contribution in [0.3, 0.4) is 0 Å². The van der Waals surface area contributed by atoms with Gasteiger partial charge in [0.05, 0.1) is 13.2 Å². The molecule has 1 aliphatic rings. The van der Waals surface area contributed by atoms with Gasteiger partial charge in [-0.2, -0.15) is 0 Å². The summed E-state index contributed by atoms with van der Waals surface area (Å²) in [4.78, 5) is 13.6. The molecule has 0 saturated carbocycles. The third kappa shape index (κ3) is 6.47. The van der Waals surface area contributed by atoms with E-state index in [1.807, 2.05) is 11.0 Å². The Hall–Kier alpha value is -0.830. The number of carbonyl (C=O) groups excluding carboxylic acids is 1. The van der Waals surface area contributed by atoms with Crippen LogP contribution < -0.4 is 0 Å². The van der Waals surface area contributed by atoms with Gasteiger partial charge in [0.1, 0.15) is 0 Å². The maximum Gasteiger partial charge on any atom is 0.246 e. The molecule has 1 amide bonds. The molecule has 3 heteroatoms. The molecule has 0 spiro atoms. The second-order valence-corrected chi connectivity index (χ2v) is 4.54. The highest BCUT2D eigenvalue weighted by molar-refractivity contribution is 5.87. The van der Waals surface area contributed by atoms with Crippen molar-refractivity contribution in [2.24, 2.45) is 0 Å². The fourth-order valence-electron chi connectivity index (χ4n) is 1.94. The largest absolute Gasteiger partial charge is 0.378 e. The summed E-state index contributed by atoms with van der Waals surface area (Å²) < 4.78 is 5.21. The second kappa shape index (κ2) is 9.23. The van der Waals surface area contributed by atoms with E-state index in [4.69, 9.17) is 4.74 Å². The van der Waals surface area contributed by atoms with E-state index in [0.717, 1.165) is 19.5 Å². The highest BCUT2D eigenvalue weighted by Crippen LogP contribution is 2.06. The number of carbonyl (C=O) groups is 1. The Morgan fingerprint density at radius 3 is 2.59 bits per heavy atom. The first-order valence-electron chi connectivity index (χ1n) is 6.87. The Labute approximate surface area is 105 Å². The SMILES string of the molecule is CCCCCCC/C=C/C(=O)N1CCOCC1. The third-order valence-corrected chi connectivity index (χ3v) is 3.06. The number of rotatable bonds is 7. The van der Waals surface area contributed by atoms with Crippen LogP contribution in [-0.4, -0.2) is 37.1 Å². The van der Waals surface area contributed by atoms with Crippen LogP contribution in [0.5, 0.6) is 0 Å². The third-order valence-electron chi connectivity index (χ3n) is 3.06. The van der Waals surface area contributed by atoms with Gasteiger partial charge in [0.2, 0.25) is 5.91 Å². The van der Waals surface area contributed by atoms with E-state index in [2.05, 4.69) is 6.92 Å².